The maximum Gasteiger partial charge on any atom is 0.220 e. The van der Waals surface area contributed by atoms with E-state index < -0.39 is 0 Å². The van der Waals surface area contributed by atoms with Gasteiger partial charge in [0.25, 0.3) is 0 Å². The molecule has 2 aromatic carbocycles. The van der Waals surface area contributed by atoms with Crippen LogP contribution < -0.4 is 10.6 Å². The molecule has 0 aliphatic carbocycles. The third-order valence-corrected chi connectivity index (χ3v) is 5.51. The summed E-state index contributed by atoms with van der Waals surface area (Å²) in [5.41, 5.74) is 4.60. The Morgan fingerprint density at radius 2 is 2.03 bits per heavy atom. The Balaban J connectivity index is 1.36. The number of aromatic nitrogens is 3. The van der Waals surface area contributed by atoms with Crippen LogP contribution in [0.25, 0.3) is 11.1 Å². The molecule has 150 valence electrons. The van der Waals surface area contributed by atoms with Crippen LogP contribution in [0.3, 0.4) is 0 Å². The highest BCUT2D eigenvalue weighted by molar-refractivity contribution is 5.76. The summed E-state index contributed by atoms with van der Waals surface area (Å²) in [6.07, 6.45) is 6.01. The van der Waals surface area contributed by atoms with Gasteiger partial charge in [-0.05, 0) is 54.1 Å². The van der Waals surface area contributed by atoms with Gasteiger partial charge in [-0.15, -0.1) is 0 Å². The molecule has 2 N–H and O–H groups in total. The molecular weight excluding hydrogens is 362 g/mol. The Morgan fingerprint density at radius 3 is 2.79 bits per heavy atom. The van der Waals surface area contributed by atoms with Crippen molar-refractivity contribution in [3.63, 3.8) is 0 Å². The van der Waals surface area contributed by atoms with Crippen molar-refractivity contribution in [3.05, 3.63) is 72.3 Å². The van der Waals surface area contributed by atoms with Gasteiger partial charge in [-0.2, -0.15) is 5.10 Å². The number of carbonyl (C=O) groups excluding carboxylic acids is 1. The largest absolute Gasteiger partial charge is 0.352 e. The first-order chi connectivity index (χ1) is 14.3. The van der Waals surface area contributed by atoms with Gasteiger partial charge in [0.05, 0.1) is 6.54 Å². The van der Waals surface area contributed by atoms with Crippen molar-refractivity contribution in [2.45, 2.75) is 32.4 Å². The maximum atomic E-state index is 12.3. The Kier molecular flexibility index (Phi) is 6.32. The summed E-state index contributed by atoms with van der Waals surface area (Å²) in [4.78, 5) is 16.3. The van der Waals surface area contributed by atoms with E-state index in [2.05, 4.69) is 57.1 Å². The number of hydrogen-bond donors (Lipinski definition) is 2. The van der Waals surface area contributed by atoms with Crippen molar-refractivity contribution in [2.24, 2.45) is 5.92 Å². The van der Waals surface area contributed by atoms with Gasteiger partial charge in [0.1, 0.15) is 12.7 Å². The molecule has 2 heterocycles. The normalized spacial score (nSPS) is 16.1. The molecule has 1 fully saturated rings. The van der Waals surface area contributed by atoms with Crippen LogP contribution in [0.5, 0.6) is 0 Å². The van der Waals surface area contributed by atoms with E-state index in [9.17, 15) is 4.79 Å². The molecule has 1 saturated heterocycles. The van der Waals surface area contributed by atoms with Gasteiger partial charge in [-0.1, -0.05) is 48.5 Å². The minimum Gasteiger partial charge on any atom is -0.352 e. The molecule has 1 atom stereocenters. The summed E-state index contributed by atoms with van der Waals surface area (Å²) >= 11 is 0. The van der Waals surface area contributed by atoms with Crippen molar-refractivity contribution < 1.29 is 4.79 Å². The van der Waals surface area contributed by atoms with Crippen molar-refractivity contribution in [2.75, 3.05) is 13.1 Å². The predicted molar refractivity (Wildman–Crippen MR) is 113 cm³/mol. The summed E-state index contributed by atoms with van der Waals surface area (Å²) < 4.78 is 1.81. The van der Waals surface area contributed by atoms with Gasteiger partial charge in [-0.25, -0.2) is 9.67 Å². The Bertz CT molecular complexity index is 915. The zero-order valence-electron chi connectivity index (χ0n) is 16.6. The fourth-order valence-electron chi connectivity index (χ4n) is 3.83. The number of hydrogen-bond acceptors (Lipinski definition) is 4. The van der Waals surface area contributed by atoms with E-state index in [-0.39, 0.29) is 5.91 Å². The summed E-state index contributed by atoms with van der Waals surface area (Å²) in [7, 11) is 0. The number of rotatable bonds is 8. The van der Waals surface area contributed by atoms with E-state index in [4.69, 9.17) is 0 Å². The lowest BCUT2D eigenvalue weighted by Crippen LogP contribution is -2.23. The van der Waals surface area contributed by atoms with E-state index in [1.807, 2.05) is 12.1 Å². The lowest BCUT2D eigenvalue weighted by molar-refractivity contribution is -0.121. The van der Waals surface area contributed by atoms with Crippen molar-refractivity contribution in [1.29, 1.82) is 0 Å². The molecule has 6 heteroatoms. The smallest absolute Gasteiger partial charge is 0.220 e. The first-order valence-electron chi connectivity index (χ1n) is 10.2. The van der Waals surface area contributed by atoms with E-state index in [1.165, 1.54) is 12.0 Å². The van der Waals surface area contributed by atoms with E-state index in [0.717, 1.165) is 36.2 Å². The van der Waals surface area contributed by atoms with Crippen LogP contribution in [0.1, 0.15) is 30.4 Å². The molecular formula is C23H27N5O. The summed E-state index contributed by atoms with van der Waals surface area (Å²) in [5, 5.41) is 10.6. The van der Waals surface area contributed by atoms with Gasteiger partial charge in [0.15, 0.2) is 0 Å². The second-order valence-electron chi connectivity index (χ2n) is 7.62. The molecule has 6 nitrogen and oxygen atoms in total. The molecule has 0 spiro atoms. The van der Waals surface area contributed by atoms with Gasteiger partial charge >= 0.3 is 0 Å². The summed E-state index contributed by atoms with van der Waals surface area (Å²) in [6, 6.07) is 16.7. The van der Waals surface area contributed by atoms with Gasteiger partial charge in [0, 0.05) is 13.0 Å². The summed E-state index contributed by atoms with van der Waals surface area (Å²) in [6.45, 7) is 3.38. The average molecular weight is 390 g/mol. The highest BCUT2D eigenvalue weighted by Crippen LogP contribution is 2.24. The molecule has 4 rings (SSSR count). The van der Waals surface area contributed by atoms with Crippen LogP contribution in [0.4, 0.5) is 0 Å². The molecule has 1 unspecified atom stereocenters. The molecule has 1 aromatic heterocycles. The van der Waals surface area contributed by atoms with Crippen LogP contribution >= 0.6 is 0 Å². The topological polar surface area (TPSA) is 71.8 Å². The number of nitrogens with zero attached hydrogens (tertiary/aromatic N) is 3. The van der Waals surface area contributed by atoms with Crippen LogP contribution in [0.15, 0.2) is 61.2 Å². The highest BCUT2D eigenvalue weighted by atomic mass is 16.1. The zero-order chi connectivity index (χ0) is 19.9. The SMILES string of the molecule is O=C(CCC1CCNC1)NCc1ccccc1-c1ccc(Cn2cncn2)cc1. The van der Waals surface area contributed by atoms with Crippen LogP contribution in [-0.2, 0) is 17.9 Å². The quantitative estimate of drug-likeness (QED) is 0.621. The molecule has 0 radical (unpaired) electrons. The Morgan fingerprint density at radius 1 is 1.17 bits per heavy atom. The van der Waals surface area contributed by atoms with Crippen molar-refractivity contribution in [3.8, 4) is 11.1 Å². The molecule has 1 aliphatic rings. The van der Waals surface area contributed by atoms with E-state index in [1.54, 1.807) is 17.3 Å². The fraction of sp³-hybridized carbons (Fsp3) is 0.348. The molecule has 3 aromatic rings. The molecule has 0 bridgehead atoms. The molecule has 0 saturated carbocycles. The molecule has 29 heavy (non-hydrogen) atoms. The number of amides is 1. The van der Waals surface area contributed by atoms with Crippen LogP contribution in [-0.4, -0.2) is 33.8 Å². The lowest BCUT2D eigenvalue weighted by atomic mass is 9.98. The molecule has 1 amide bonds. The fourth-order valence-corrected chi connectivity index (χ4v) is 3.83. The average Bonchev–Trinajstić information content (AvgIpc) is 3.46. The first-order valence-corrected chi connectivity index (χ1v) is 10.2. The van der Waals surface area contributed by atoms with Crippen LogP contribution in [0.2, 0.25) is 0 Å². The van der Waals surface area contributed by atoms with E-state index >= 15 is 0 Å². The highest BCUT2D eigenvalue weighted by Gasteiger charge is 2.15. The van der Waals surface area contributed by atoms with Gasteiger partial charge in [0.2, 0.25) is 5.91 Å². The number of nitrogens with one attached hydrogen (secondary N) is 2. The van der Waals surface area contributed by atoms with Crippen LogP contribution in [0, 0.1) is 5.92 Å². The number of benzene rings is 2. The molecule has 1 aliphatic heterocycles. The third-order valence-electron chi connectivity index (χ3n) is 5.51. The second-order valence-corrected chi connectivity index (χ2v) is 7.62. The first kappa shape index (κ1) is 19.3. The maximum absolute atomic E-state index is 12.3. The van der Waals surface area contributed by atoms with Gasteiger partial charge < -0.3 is 10.6 Å². The Hall–Kier alpha value is -2.99. The van der Waals surface area contributed by atoms with Gasteiger partial charge in [-0.3, -0.25) is 4.79 Å². The summed E-state index contributed by atoms with van der Waals surface area (Å²) in [5.74, 6) is 0.777. The standard InChI is InChI=1S/C23H27N5O/c29-23(10-7-18-11-12-24-13-18)26-14-21-3-1-2-4-22(21)20-8-5-19(6-9-20)15-28-17-25-16-27-28/h1-6,8-9,16-18,24H,7,10-15H2,(H,26,29). The van der Waals surface area contributed by atoms with Crippen molar-refractivity contribution >= 4 is 5.91 Å². The minimum absolute atomic E-state index is 0.134. The third kappa shape index (κ3) is 5.29. The second kappa shape index (κ2) is 9.47. The monoisotopic (exact) mass is 389 g/mol. The zero-order valence-corrected chi connectivity index (χ0v) is 16.6. The predicted octanol–water partition coefficient (Wildman–Crippen LogP) is 3.00. The number of carbonyl (C=O) groups is 1. The van der Waals surface area contributed by atoms with Crippen molar-refractivity contribution in [1.82, 2.24) is 25.4 Å². The minimum atomic E-state index is 0.134. The lowest BCUT2D eigenvalue weighted by Gasteiger charge is -2.12. The Labute approximate surface area is 171 Å². The van der Waals surface area contributed by atoms with E-state index in [0.29, 0.717) is 25.4 Å².